The molecule has 3 aromatic rings. The molecular formula is C23H25ClN4O4. The van der Waals surface area contributed by atoms with E-state index in [9.17, 15) is 14.7 Å². The lowest BCUT2D eigenvalue weighted by atomic mass is 9.85. The number of halogens is 1. The van der Waals surface area contributed by atoms with Crippen LogP contribution in [0.1, 0.15) is 36.2 Å². The maximum atomic E-state index is 13.0. The first kappa shape index (κ1) is 22.1. The van der Waals surface area contributed by atoms with Gasteiger partial charge in [0.15, 0.2) is 0 Å². The highest BCUT2D eigenvalue weighted by molar-refractivity contribution is 6.30. The number of furan rings is 1. The van der Waals surface area contributed by atoms with Gasteiger partial charge in [0.05, 0.1) is 5.02 Å². The third-order valence-electron chi connectivity index (χ3n) is 5.89. The predicted octanol–water partition coefficient (Wildman–Crippen LogP) is 4.50. The number of aromatic nitrogens is 1. The molecule has 0 unspecified atom stereocenters. The third kappa shape index (κ3) is 4.71. The Labute approximate surface area is 190 Å². The normalized spacial score (nSPS) is 18.6. The maximum absolute atomic E-state index is 13.0. The number of hydrogen-bond donors (Lipinski definition) is 3. The van der Waals surface area contributed by atoms with Crippen LogP contribution in [0.2, 0.25) is 5.02 Å². The van der Waals surface area contributed by atoms with Crippen LogP contribution in [0.25, 0.3) is 11.0 Å². The molecule has 0 atom stereocenters. The van der Waals surface area contributed by atoms with E-state index in [0.717, 1.165) is 25.7 Å². The summed E-state index contributed by atoms with van der Waals surface area (Å²) in [4.78, 5) is 32.3. The average molecular weight is 457 g/mol. The summed E-state index contributed by atoms with van der Waals surface area (Å²) in [6.07, 6.45) is 4.87. The van der Waals surface area contributed by atoms with Crippen LogP contribution in [-0.4, -0.2) is 46.9 Å². The average Bonchev–Trinajstić information content (AvgIpc) is 3.12. The number of rotatable bonds is 5. The molecule has 4 rings (SSSR count). The molecule has 8 nitrogen and oxygen atoms in total. The molecule has 168 valence electrons. The van der Waals surface area contributed by atoms with Gasteiger partial charge in [-0.2, -0.15) is 0 Å². The number of nitrogens with zero attached hydrogens (tertiary/aromatic N) is 2. The van der Waals surface area contributed by atoms with Gasteiger partial charge in [-0.1, -0.05) is 11.6 Å². The molecule has 9 heteroatoms. The fraction of sp³-hybridized carbons (Fsp3) is 0.348. The number of phenols is 1. The van der Waals surface area contributed by atoms with Crippen molar-refractivity contribution in [2.45, 2.75) is 31.7 Å². The van der Waals surface area contributed by atoms with Crippen molar-refractivity contribution in [3.05, 3.63) is 47.3 Å². The predicted molar refractivity (Wildman–Crippen MR) is 123 cm³/mol. The Bertz CT molecular complexity index is 1130. The topological polar surface area (TPSA) is 108 Å². The number of hydrogen-bond acceptors (Lipinski definition) is 6. The molecule has 0 saturated heterocycles. The van der Waals surface area contributed by atoms with Gasteiger partial charge in [0.25, 0.3) is 5.91 Å². The Hall–Kier alpha value is -3.10. The van der Waals surface area contributed by atoms with E-state index in [1.807, 2.05) is 0 Å². The zero-order chi connectivity index (χ0) is 22.8. The monoisotopic (exact) mass is 456 g/mol. The van der Waals surface area contributed by atoms with Crippen LogP contribution in [0.4, 0.5) is 11.5 Å². The third-order valence-corrected chi connectivity index (χ3v) is 6.12. The van der Waals surface area contributed by atoms with Gasteiger partial charge < -0.3 is 25.1 Å². The highest BCUT2D eigenvalue weighted by Crippen LogP contribution is 2.35. The number of amides is 2. The second-order valence-electron chi connectivity index (χ2n) is 8.26. The van der Waals surface area contributed by atoms with Crippen molar-refractivity contribution in [3.63, 3.8) is 0 Å². The molecule has 3 N–H and O–H groups in total. The first-order chi connectivity index (χ1) is 15.3. The molecule has 32 heavy (non-hydrogen) atoms. The van der Waals surface area contributed by atoms with Gasteiger partial charge in [0.2, 0.25) is 11.7 Å². The van der Waals surface area contributed by atoms with E-state index in [0.29, 0.717) is 27.9 Å². The SMILES string of the molecule is CN(C)C1CCC(C(=O)Nc2c(C(=O)Nc3ccc(Cl)cn3)oc3cc(O)ccc23)CC1. The molecule has 2 aromatic heterocycles. The largest absolute Gasteiger partial charge is 0.508 e. The molecule has 2 heterocycles. The van der Waals surface area contributed by atoms with E-state index in [1.165, 1.54) is 18.3 Å². The minimum Gasteiger partial charge on any atom is -0.508 e. The van der Waals surface area contributed by atoms with Gasteiger partial charge in [-0.3, -0.25) is 9.59 Å². The van der Waals surface area contributed by atoms with Crippen molar-refractivity contribution in [2.24, 2.45) is 5.92 Å². The van der Waals surface area contributed by atoms with Crippen molar-refractivity contribution in [1.29, 1.82) is 0 Å². The summed E-state index contributed by atoms with van der Waals surface area (Å²) in [7, 11) is 4.11. The second-order valence-corrected chi connectivity index (χ2v) is 8.70. The highest BCUT2D eigenvalue weighted by Gasteiger charge is 2.30. The zero-order valence-electron chi connectivity index (χ0n) is 17.9. The zero-order valence-corrected chi connectivity index (χ0v) is 18.6. The minimum atomic E-state index is -0.567. The lowest BCUT2D eigenvalue weighted by Crippen LogP contribution is -2.35. The molecule has 1 aromatic carbocycles. The number of carbonyl (C=O) groups excluding carboxylic acids is 2. The summed E-state index contributed by atoms with van der Waals surface area (Å²) >= 11 is 5.85. The lowest BCUT2D eigenvalue weighted by Gasteiger charge is -2.31. The van der Waals surface area contributed by atoms with Crippen molar-refractivity contribution in [2.75, 3.05) is 24.7 Å². The summed E-state index contributed by atoms with van der Waals surface area (Å²) < 4.78 is 5.73. The van der Waals surface area contributed by atoms with Gasteiger partial charge in [-0.05, 0) is 64.0 Å². The van der Waals surface area contributed by atoms with E-state index >= 15 is 0 Å². The first-order valence-corrected chi connectivity index (χ1v) is 10.9. The van der Waals surface area contributed by atoms with Crippen LogP contribution in [0.15, 0.2) is 40.9 Å². The molecule has 2 amide bonds. The number of benzene rings is 1. The molecule has 0 aliphatic heterocycles. The Morgan fingerprint density at radius 1 is 1.12 bits per heavy atom. The smallest absolute Gasteiger partial charge is 0.294 e. The number of phenolic OH excluding ortho intramolecular Hbond substituents is 1. The number of carbonyl (C=O) groups is 2. The van der Waals surface area contributed by atoms with Gasteiger partial charge in [-0.15, -0.1) is 0 Å². The number of pyridine rings is 1. The Kier molecular flexibility index (Phi) is 6.34. The highest BCUT2D eigenvalue weighted by atomic mass is 35.5. The van der Waals surface area contributed by atoms with Crippen LogP contribution in [-0.2, 0) is 4.79 Å². The van der Waals surface area contributed by atoms with Crippen molar-refractivity contribution >= 4 is 45.9 Å². The van der Waals surface area contributed by atoms with Gasteiger partial charge in [0.1, 0.15) is 22.8 Å². The first-order valence-electron chi connectivity index (χ1n) is 10.5. The molecule has 1 aliphatic carbocycles. The molecule has 1 aliphatic rings. The summed E-state index contributed by atoms with van der Waals surface area (Å²) in [6.45, 7) is 0. The molecule has 0 radical (unpaired) electrons. The summed E-state index contributed by atoms with van der Waals surface area (Å²) in [5.41, 5.74) is 0.581. The number of nitrogens with one attached hydrogen (secondary N) is 2. The van der Waals surface area contributed by atoms with Gasteiger partial charge in [0, 0.05) is 29.6 Å². The standard InChI is InChI=1S/C23H25ClN4O4/c1-28(2)15-6-3-13(4-7-15)22(30)27-20-17-9-8-16(29)11-18(17)32-21(20)23(31)26-19-10-5-14(24)12-25-19/h5,8-13,15,29H,3-4,6-7H2,1-2H3,(H,27,30)(H,25,26,31). The van der Waals surface area contributed by atoms with E-state index in [4.69, 9.17) is 16.0 Å². The lowest BCUT2D eigenvalue weighted by molar-refractivity contribution is -0.121. The van der Waals surface area contributed by atoms with Crippen molar-refractivity contribution in [3.8, 4) is 5.75 Å². The van der Waals surface area contributed by atoms with Gasteiger partial charge in [-0.25, -0.2) is 4.98 Å². The van der Waals surface area contributed by atoms with Gasteiger partial charge >= 0.3 is 0 Å². The van der Waals surface area contributed by atoms with Crippen LogP contribution in [0.3, 0.4) is 0 Å². The molecule has 1 fully saturated rings. The number of anilines is 2. The second kappa shape index (κ2) is 9.18. The maximum Gasteiger partial charge on any atom is 0.294 e. The van der Waals surface area contributed by atoms with E-state index in [1.54, 1.807) is 18.2 Å². The van der Waals surface area contributed by atoms with E-state index in [2.05, 4.69) is 34.6 Å². The molecule has 0 spiro atoms. The number of aromatic hydroxyl groups is 1. The Morgan fingerprint density at radius 3 is 2.53 bits per heavy atom. The van der Waals surface area contributed by atoms with Crippen molar-refractivity contribution in [1.82, 2.24) is 9.88 Å². The van der Waals surface area contributed by atoms with Crippen LogP contribution < -0.4 is 10.6 Å². The van der Waals surface area contributed by atoms with Crippen molar-refractivity contribution < 1.29 is 19.1 Å². The van der Waals surface area contributed by atoms with Crippen LogP contribution in [0, 0.1) is 5.92 Å². The Morgan fingerprint density at radius 2 is 1.88 bits per heavy atom. The summed E-state index contributed by atoms with van der Waals surface area (Å²) in [5.74, 6) is -0.613. The summed E-state index contributed by atoms with van der Waals surface area (Å²) in [5, 5.41) is 16.4. The fourth-order valence-electron chi connectivity index (χ4n) is 4.07. The quantitative estimate of drug-likeness (QED) is 0.521. The van der Waals surface area contributed by atoms with Crippen LogP contribution >= 0.6 is 11.6 Å². The van der Waals surface area contributed by atoms with Crippen LogP contribution in [0.5, 0.6) is 5.75 Å². The molecular weight excluding hydrogens is 432 g/mol. The fourth-order valence-corrected chi connectivity index (χ4v) is 4.18. The molecule has 0 bridgehead atoms. The van der Waals surface area contributed by atoms with E-state index in [-0.39, 0.29) is 29.0 Å². The minimum absolute atomic E-state index is 0.00235. The number of fused-ring (bicyclic) bond motifs is 1. The molecule has 1 saturated carbocycles. The summed E-state index contributed by atoms with van der Waals surface area (Å²) in [6, 6.07) is 8.15. The van der Waals surface area contributed by atoms with E-state index < -0.39 is 5.91 Å². The Balaban J connectivity index is 1.59.